The third-order valence-corrected chi connectivity index (χ3v) is 8.62. The average molecular weight is 597 g/mol. The molecule has 0 saturated carbocycles. The Hall–Kier alpha value is -1.10. The first kappa shape index (κ1) is 40.9. The van der Waals surface area contributed by atoms with Gasteiger partial charge < -0.3 is 14.6 Å². The zero-order valence-corrected chi connectivity index (χ0v) is 28.6. The maximum absolute atomic E-state index is 12.1. The van der Waals surface area contributed by atoms with Crippen molar-refractivity contribution in [1.29, 1.82) is 0 Å². The number of hydrogen-bond donors (Lipinski definition) is 1. The van der Waals surface area contributed by atoms with Crippen LogP contribution in [0.2, 0.25) is 0 Å². The van der Waals surface area contributed by atoms with Crippen molar-refractivity contribution in [2.75, 3.05) is 13.2 Å². The van der Waals surface area contributed by atoms with Gasteiger partial charge in [0.25, 0.3) is 0 Å². The number of esters is 2. The van der Waals surface area contributed by atoms with Gasteiger partial charge in [-0.15, -0.1) is 0 Å². The van der Waals surface area contributed by atoms with Crippen LogP contribution in [0.4, 0.5) is 0 Å². The van der Waals surface area contributed by atoms with Gasteiger partial charge in [0, 0.05) is 12.8 Å². The topological polar surface area (TPSA) is 72.8 Å². The molecule has 250 valence electrons. The van der Waals surface area contributed by atoms with E-state index in [2.05, 4.69) is 27.7 Å². The predicted molar refractivity (Wildman–Crippen MR) is 178 cm³/mol. The minimum absolute atomic E-state index is 0.0600. The molecule has 0 spiro atoms. The largest absolute Gasteiger partial charge is 0.462 e. The molecule has 0 fully saturated rings. The first-order valence-electron chi connectivity index (χ1n) is 18.3. The Bertz CT molecular complexity index is 591. The highest BCUT2D eigenvalue weighted by Gasteiger charge is 2.16. The van der Waals surface area contributed by atoms with Crippen LogP contribution in [0.5, 0.6) is 0 Å². The third-order valence-electron chi connectivity index (χ3n) is 8.62. The Morgan fingerprint density at radius 2 is 0.929 bits per heavy atom. The van der Waals surface area contributed by atoms with Crippen molar-refractivity contribution in [2.45, 2.75) is 201 Å². The second kappa shape index (κ2) is 31.3. The fourth-order valence-electron chi connectivity index (χ4n) is 5.42. The molecular formula is C37H72O5. The summed E-state index contributed by atoms with van der Waals surface area (Å²) in [6.45, 7) is 8.81. The van der Waals surface area contributed by atoms with Gasteiger partial charge in [0.05, 0.1) is 6.61 Å². The fraction of sp³-hybridized carbons (Fsp3) is 0.946. The van der Waals surface area contributed by atoms with E-state index in [1.165, 1.54) is 122 Å². The van der Waals surface area contributed by atoms with E-state index in [0.29, 0.717) is 12.8 Å². The number of aliphatic hydroxyl groups is 1. The van der Waals surface area contributed by atoms with E-state index in [4.69, 9.17) is 9.47 Å². The molecule has 0 rings (SSSR count). The van der Waals surface area contributed by atoms with E-state index >= 15 is 0 Å². The van der Waals surface area contributed by atoms with Crippen molar-refractivity contribution < 1.29 is 24.2 Å². The minimum Gasteiger partial charge on any atom is -0.462 e. The normalized spacial score (nSPS) is 12.9. The first-order chi connectivity index (χ1) is 20.4. The molecule has 0 heterocycles. The second-order valence-electron chi connectivity index (χ2n) is 13.4. The van der Waals surface area contributed by atoms with Crippen molar-refractivity contribution in [1.82, 2.24) is 0 Å². The summed E-state index contributed by atoms with van der Waals surface area (Å²) in [4.78, 5) is 24.1. The van der Waals surface area contributed by atoms with Gasteiger partial charge in [-0.25, -0.2) is 0 Å². The highest BCUT2D eigenvalue weighted by molar-refractivity contribution is 5.70. The zero-order valence-electron chi connectivity index (χ0n) is 28.6. The smallest absolute Gasteiger partial charge is 0.306 e. The molecule has 5 nitrogen and oxygen atoms in total. The molecule has 0 aliphatic heterocycles. The SMILES string of the molecule is CCC(C)CCCCCCCCC(=O)O[C@@H](CO)COC(=O)CCCCCCCCCCCCCCCCCC(C)C. The Morgan fingerprint density at radius 1 is 0.548 bits per heavy atom. The molecule has 0 aliphatic rings. The second-order valence-corrected chi connectivity index (χ2v) is 13.4. The van der Waals surface area contributed by atoms with Gasteiger partial charge in [0.15, 0.2) is 6.10 Å². The number of aliphatic hydroxyl groups excluding tert-OH is 1. The van der Waals surface area contributed by atoms with Gasteiger partial charge in [-0.2, -0.15) is 0 Å². The van der Waals surface area contributed by atoms with Crippen LogP contribution in [-0.4, -0.2) is 36.4 Å². The number of ether oxygens (including phenoxy) is 2. The summed E-state index contributed by atoms with van der Waals surface area (Å²) in [5, 5.41) is 9.51. The van der Waals surface area contributed by atoms with Crippen molar-refractivity contribution in [3.63, 3.8) is 0 Å². The number of rotatable bonds is 32. The Balaban J connectivity index is 3.51. The quantitative estimate of drug-likeness (QED) is 0.0617. The molecule has 0 aromatic rings. The first-order valence-corrected chi connectivity index (χ1v) is 18.3. The monoisotopic (exact) mass is 597 g/mol. The fourth-order valence-corrected chi connectivity index (χ4v) is 5.42. The molecule has 0 saturated heterocycles. The standard InChI is InChI=1S/C37H72O5/c1-5-34(4)28-24-20-17-18-22-26-30-37(40)42-35(31-38)32-41-36(39)29-25-21-16-14-12-10-8-6-7-9-11-13-15-19-23-27-33(2)3/h33-35,38H,5-32H2,1-4H3/t34?,35-/m0/s1. The summed E-state index contributed by atoms with van der Waals surface area (Å²) in [5.41, 5.74) is 0. The Labute approximate surface area is 261 Å². The van der Waals surface area contributed by atoms with Crippen LogP contribution >= 0.6 is 0 Å². The molecule has 1 unspecified atom stereocenters. The number of unbranched alkanes of at least 4 members (excludes halogenated alkanes) is 19. The van der Waals surface area contributed by atoms with E-state index < -0.39 is 6.10 Å². The molecule has 0 radical (unpaired) electrons. The third kappa shape index (κ3) is 30.4. The summed E-state index contributed by atoms with van der Waals surface area (Å²) >= 11 is 0. The molecule has 5 heteroatoms. The van der Waals surface area contributed by atoms with Crippen LogP contribution in [0.1, 0.15) is 195 Å². The van der Waals surface area contributed by atoms with Crippen molar-refractivity contribution >= 4 is 11.9 Å². The lowest BCUT2D eigenvalue weighted by atomic mass is 10.00. The molecule has 0 aliphatic carbocycles. The van der Waals surface area contributed by atoms with E-state index in [1.807, 2.05) is 0 Å². The predicted octanol–water partition coefficient (Wildman–Crippen LogP) is 10.9. The summed E-state index contributed by atoms with van der Waals surface area (Å²) in [5.74, 6) is 1.10. The molecule has 0 aromatic heterocycles. The van der Waals surface area contributed by atoms with Crippen LogP contribution in [0.15, 0.2) is 0 Å². The molecule has 0 bridgehead atoms. The lowest BCUT2D eigenvalue weighted by molar-refractivity contribution is -0.161. The van der Waals surface area contributed by atoms with Crippen LogP contribution in [0.25, 0.3) is 0 Å². The van der Waals surface area contributed by atoms with Gasteiger partial charge in [-0.05, 0) is 24.7 Å². The van der Waals surface area contributed by atoms with Gasteiger partial charge in [-0.1, -0.05) is 169 Å². The molecule has 1 N–H and O–H groups in total. The highest BCUT2D eigenvalue weighted by Crippen LogP contribution is 2.16. The number of carbonyl (C=O) groups is 2. The summed E-state index contributed by atoms with van der Waals surface area (Å²) in [7, 11) is 0. The molecule has 0 aromatic carbocycles. The molecule has 2 atom stereocenters. The van der Waals surface area contributed by atoms with Crippen molar-refractivity contribution in [3.05, 3.63) is 0 Å². The lowest BCUT2D eigenvalue weighted by Crippen LogP contribution is -2.28. The van der Waals surface area contributed by atoms with E-state index in [9.17, 15) is 14.7 Å². The van der Waals surface area contributed by atoms with Gasteiger partial charge in [0.1, 0.15) is 6.61 Å². The van der Waals surface area contributed by atoms with E-state index in [1.54, 1.807) is 0 Å². The maximum Gasteiger partial charge on any atom is 0.306 e. The summed E-state index contributed by atoms with van der Waals surface area (Å²) < 4.78 is 10.6. The van der Waals surface area contributed by atoms with Crippen molar-refractivity contribution in [2.24, 2.45) is 11.8 Å². The van der Waals surface area contributed by atoms with Crippen LogP contribution in [0, 0.1) is 11.8 Å². The van der Waals surface area contributed by atoms with Gasteiger partial charge >= 0.3 is 11.9 Å². The Kier molecular flexibility index (Phi) is 30.5. The van der Waals surface area contributed by atoms with Crippen LogP contribution < -0.4 is 0 Å². The zero-order chi connectivity index (χ0) is 31.1. The maximum atomic E-state index is 12.1. The lowest BCUT2D eigenvalue weighted by Gasteiger charge is -2.15. The van der Waals surface area contributed by atoms with Crippen molar-refractivity contribution in [3.8, 4) is 0 Å². The van der Waals surface area contributed by atoms with E-state index in [-0.39, 0.29) is 25.2 Å². The number of carbonyl (C=O) groups excluding carboxylic acids is 2. The summed E-state index contributed by atoms with van der Waals surface area (Å²) in [6.07, 6.45) is 30.2. The highest BCUT2D eigenvalue weighted by atomic mass is 16.6. The molecule has 42 heavy (non-hydrogen) atoms. The van der Waals surface area contributed by atoms with Crippen LogP contribution in [0.3, 0.4) is 0 Å². The minimum atomic E-state index is -0.762. The van der Waals surface area contributed by atoms with Crippen LogP contribution in [-0.2, 0) is 19.1 Å². The number of hydrogen-bond acceptors (Lipinski definition) is 5. The Morgan fingerprint density at radius 3 is 1.33 bits per heavy atom. The van der Waals surface area contributed by atoms with Gasteiger partial charge in [0.2, 0.25) is 0 Å². The molecular weight excluding hydrogens is 524 g/mol. The molecule has 0 amide bonds. The van der Waals surface area contributed by atoms with Gasteiger partial charge in [-0.3, -0.25) is 9.59 Å². The average Bonchev–Trinajstić information content (AvgIpc) is 2.97. The summed E-state index contributed by atoms with van der Waals surface area (Å²) in [6, 6.07) is 0. The van der Waals surface area contributed by atoms with E-state index in [0.717, 1.165) is 43.9 Å².